The Labute approximate surface area is 126 Å². The minimum atomic E-state index is -0.107. The van der Waals surface area contributed by atoms with E-state index in [-0.39, 0.29) is 11.8 Å². The quantitative estimate of drug-likeness (QED) is 0.805. The fourth-order valence-corrected chi connectivity index (χ4v) is 3.19. The fourth-order valence-electron chi connectivity index (χ4n) is 2.22. The van der Waals surface area contributed by atoms with E-state index in [1.807, 2.05) is 41.7 Å². The number of aromatic nitrogens is 3. The van der Waals surface area contributed by atoms with E-state index >= 15 is 0 Å². The van der Waals surface area contributed by atoms with Gasteiger partial charge in [0.05, 0.1) is 0 Å². The van der Waals surface area contributed by atoms with Crippen LogP contribution in [0.25, 0.3) is 4.96 Å². The molecule has 0 unspecified atom stereocenters. The van der Waals surface area contributed by atoms with Crippen LogP contribution in [-0.2, 0) is 0 Å². The van der Waals surface area contributed by atoms with Gasteiger partial charge in [0.1, 0.15) is 10.7 Å². The molecular weight excluding hydrogens is 284 g/mol. The number of carbonyl (C=O) groups excluding carboxylic acids is 1. The van der Waals surface area contributed by atoms with Crippen LogP contribution in [0.3, 0.4) is 0 Å². The number of fused-ring (bicyclic) bond motifs is 1. The van der Waals surface area contributed by atoms with Crippen molar-refractivity contribution in [3.63, 3.8) is 0 Å². The first kappa shape index (κ1) is 13.8. The molecule has 0 aliphatic rings. The molecular formula is C15H16N4OS. The van der Waals surface area contributed by atoms with Gasteiger partial charge in [-0.05, 0) is 19.1 Å². The van der Waals surface area contributed by atoms with Crippen LogP contribution in [-0.4, -0.2) is 20.5 Å². The molecule has 3 aromatic rings. The number of amides is 1. The van der Waals surface area contributed by atoms with Crippen LogP contribution in [0.1, 0.15) is 41.0 Å². The molecule has 0 bridgehead atoms. The average Bonchev–Trinajstić information content (AvgIpc) is 3.01. The summed E-state index contributed by atoms with van der Waals surface area (Å²) >= 11 is 1.37. The number of hydrogen-bond donors (Lipinski definition) is 1. The number of anilines is 1. The van der Waals surface area contributed by atoms with E-state index in [0.717, 1.165) is 22.2 Å². The highest BCUT2D eigenvalue weighted by Crippen LogP contribution is 2.26. The number of benzene rings is 1. The molecule has 5 nitrogen and oxygen atoms in total. The van der Waals surface area contributed by atoms with Gasteiger partial charge in [-0.25, -0.2) is 0 Å². The molecule has 0 aliphatic carbocycles. The molecule has 3 rings (SSSR count). The summed E-state index contributed by atoms with van der Waals surface area (Å²) in [7, 11) is 0. The number of hydrogen-bond acceptors (Lipinski definition) is 4. The maximum atomic E-state index is 12.4. The van der Waals surface area contributed by atoms with E-state index in [4.69, 9.17) is 0 Å². The van der Waals surface area contributed by atoms with Crippen LogP contribution in [0.2, 0.25) is 0 Å². The normalized spacial score (nSPS) is 11.2. The molecule has 108 valence electrons. The van der Waals surface area contributed by atoms with E-state index in [2.05, 4.69) is 29.4 Å². The third-order valence-electron chi connectivity index (χ3n) is 3.27. The number of carbonyl (C=O) groups is 1. The zero-order valence-corrected chi connectivity index (χ0v) is 12.9. The fraction of sp³-hybridized carbons (Fsp3) is 0.267. The lowest BCUT2D eigenvalue weighted by molar-refractivity contribution is 0.102. The highest BCUT2D eigenvalue weighted by molar-refractivity contribution is 7.19. The average molecular weight is 300 g/mol. The van der Waals surface area contributed by atoms with Crippen molar-refractivity contribution in [3.8, 4) is 0 Å². The summed E-state index contributed by atoms with van der Waals surface area (Å²) in [5.74, 6) is 1.04. The van der Waals surface area contributed by atoms with E-state index in [0.29, 0.717) is 4.88 Å². The van der Waals surface area contributed by atoms with Crippen molar-refractivity contribution >= 4 is 27.9 Å². The smallest absolute Gasteiger partial charge is 0.267 e. The zero-order valence-electron chi connectivity index (χ0n) is 12.1. The zero-order chi connectivity index (χ0) is 15.0. The van der Waals surface area contributed by atoms with Crippen LogP contribution in [0, 0.1) is 6.92 Å². The minimum Gasteiger partial charge on any atom is -0.321 e. The first-order valence-electron chi connectivity index (χ1n) is 6.78. The summed E-state index contributed by atoms with van der Waals surface area (Å²) in [6, 6.07) is 9.44. The Kier molecular flexibility index (Phi) is 3.47. The Morgan fingerprint density at radius 3 is 2.62 bits per heavy atom. The lowest BCUT2D eigenvalue weighted by Gasteiger charge is -2.05. The molecule has 6 heteroatoms. The monoisotopic (exact) mass is 300 g/mol. The Balaban J connectivity index is 1.97. The van der Waals surface area contributed by atoms with Crippen molar-refractivity contribution in [1.82, 2.24) is 14.6 Å². The van der Waals surface area contributed by atoms with Gasteiger partial charge in [0.25, 0.3) is 5.91 Å². The highest BCUT2D eigenvalue weighted by Gasteiger charge is 2.20. The first-order valence-corrected chi connectivity index (χ1v) is 7.60. The second-order valence-electron chi connectivity index (χ2n) is 5.17. The van der Waals surface area contributed by atoms with Gasteiger partial charge in [0.2, 0.25) is 4.96 Å². The summed E-state index contributed by atoms with van der Waals surface area (Å²) in [6.07, 6.45) is 0. The molecule has 2 heterocycles. The van der Waals surface area contributed by atoms with Gasteiger partial charge in [-0.2, -0.15) is 0 Å². The molecule has 21 heavy (non-hydrogen) atoms. The Bertz CT molecular complexity index is 789. The molecule has 0 aliphatic heterocycles. The summed E-state index contributed by atoms with van der Waals surface area (Å²) in [4.78, 5) is 13.9. The molecule has 0 atom stereocenters. The van der Waals surface area contributed by atoms with Crippen molar-refractivity contribution in [2.45, 2.75) is 26.7 Å². The van der Waals surface area contributed by atoms with E-state index in [1.165, 1.54) is 11.3 Å². The molecule has 0 saturated heterocycles. The first-order chi connectivity index (χ1) is 10.1. The third kappa shape index (κ3) is 2.42. The number of rotatable bonds is 3. The number of para-hydroxylation sites is 1. The van der Waals surface area contributed by atoms with Crippen LogP contribution in [0.5, 0.6) is 0 Å². The lowest BCUT2D eigenvalue weighted by atomic mass is 10.2. The van der Waals surface area contributed by atoms with Crippen LogP contribution < -0.4 is 5.32 Å². The van der Waals surface area contributed by atoms with Gasteiger partial charge >= 0.3 is 0 Å². The Morgan fingerprint density at radius 2 is 1.95 bits per heavy atom. The SMILES string of the molecule is Cc1c(C(=O)Nc2ccccc2)sc2nnc(C(C)C)n12. The van der Waals surface area contributed by atoms with Crippen LogP contribution in [0.15, 0.2) is 30.3 Å². The summed E-state index contributed by atoms with van der Waals surface area (Å²) < 4.78 is 1.97. The van der Waals surface area contributed by atoms with E-state index < -0.39 is 0 Å². The van der Waals surface area contributed by atoms with Crippen molar-refractivity contribution in [2.24, 2.45) is 0 Å². The van der Waals surface area contributed by atoms with Gasteiger partial charge in [-0.15, -0.1) is 10.2 Å². The molecule has 1 N–H and O–H groups in total. The molecule has 2 aromatic heterocycles. The Hall–Kier alpha value is -2.21. The Morgan fingerprint density at radius 1 is 1.24 bits per heavy atom. The molecule has 0 radical (unpaired) electrons. The number of aryl methyl sites for hydroxylation is 1. The summed E-state index contributed by atoms with van der Waals surface area (Å²) in [5.41, 5.74) is 1.67. The second-order valence-corrected chi connectivity index (χ2v) is 6.15. The van der Waals surface area contributed by atoms with Crippen molar-refractivity contribution in [2.75, 3.05) is 5.32 Å². The second kappa shape index (κ2) is 5.29. The maximum Gasteiger partial charge on any atom is 0.267 e. The third-order valence-corrected chi connectivity index (χ3v) is 4.40. The maximum absolute atomic E-state index is 12.4. The predicted octanol–water partition coefficient (Wildman–Crippen LogP) is 3.47. The van der Waals surface area contributed by atoms with Crippen LogP contribution in [0.4, 0.5) is 5.69 Å². The topological polar surface area (TPSA) is 59.3 Å². The molecule has 0 fully saturated rings. The van der Waals surface area contributed by atoms with Gasteiger partial charge < -0.3 is 5.32 Å². The molecule has 0 saturated carbocycles. The highest BCUT2D eigenvalue weighted by atomic mass is 32.1. The largest absolute Gasteiger partial charge is 0.321 e. The van der Waals surface area contributed by atoms with Crippen molar-refractivity contribution in [3.05, 3.63) is 46.7 Å². The molecule has 0 spiro atoms. The summed E-state index contributed by atoms with van der Waals surface area (Å²) in [5, 5.41) is 11.3. The van der Waals surface area contributed by atoms with Gasteiger partial charge in [-0.1, -0.05) is 43.4 Å². The van der Waals surface area contributed by atoms with Crippen molar-refractivity contribution in [1.29, 1.82) is 0 Å². The number of nitrogens with one attached hydrogen (secondary N) is 1. The van der Waals surface area contributed by atoms with Gasteiger partial charge in [0, 0.05) is 17.3 Å². The number of nitrogens with zero attached hydrogens (tertiary/aromatic N) is 3. The van der Waals surface area contributed by atoms with E-state index in [9.17, 15) is 4.79 Å². The summed E-state index contributed by atoms with van der Waals surface area (Å²) in [6.45, 7) is 6.06. The molecule has 1 aromatic carbocycles. The predicted molar refractivity (Wildman–Crippen MR) is 84.1 cm³/mol. The number of thiazole rings is 1. The van der Waals surface area contributed by atoms with Gasteiger partial charge in [0.15, 0.2) is 0 Å². The molecule has 1 amide bonds. The standard InChI is InChI=1S/C15H16N4OS/c1-9(2)13-17-18-15-19(13)10(3)12(21-15)14(20)16-11-7-5-4-6-8-11/h4-9H,1-3H3,(H,16,20). The van der Waals surface area contributed by atoms with Gasteiger partial charge in [-0.3, -0.25) is 9.20 Å². The van der Waals surface area contributed by atoms with Crippen LogP contribution >= 0.6 is 11.3 Å². The lowest BCUT2D eigenvalue weighted by Crippen LogP contribution is -2.12. The van der Waals surface area contributed by atoms with Crippen molar-refractivity contribution < 1.29 is 4.79 Å². The van der Waals surface area contributed by atoms with E-state index in [1.54, 1.807) is 0 Å². The minimum absolute atomic E-state index is 0.107.